The summed E-state index contributed by atoms with van der Waals surface area (Å²) in [6.07, 6.45) is 4.94. The number of aryl methyl sites for hydroxylation is 2. The molecule has 1 aromatic heterocycles. The Labute approximate surface area is 156 Å². The number of aliphatic imine (C=N–C) groups is 1. The Balaban J connectivity index is 1.55. The van der Waals surface area contributed by atoms with Gasteiger partial charge in [0.15, 0.2) is 5.96 Å². The van der Waals surface area contributed by atoms with E-state index in [0.717, 1.165) is 38.6 Å². The Hall–Kier alpha value is -2.34. The molecule has 6 heteroatoms. The second-order valence-corrected chi connectivity index (χ2v) is 6.62. The molecule has 0 spiro atoms. The summed E-state index contributed by atoms with van der Waals surface area (Å²) >= 11 is 0. The van der Waals surface area contributed by atoms with Crippen molar-refractivity contribution in [2.75, 3.05) is 26.7 Å². The minimum Gasteiger partial charge on any atom is -0.376 e. The zero-order valence-corrected chi connectivity index (χ0v) is 16.1. The topological polar surface area (TPSA) is 63.5 Å². The van der Waals surface area contributed by atoms with Crippen LogP contribution >= 0.6 is 0 Å². The zero-order chi connectivity index (χ0) is 18.6. The molecular formula is C20H31N5O. The Morgan fingerprint density at radius 1 is 1.27 bits per heavy atom. The molecule has 0 aliphatic heterocycles. The molecule has 2 aromatic rings. The van der Waals surface area contributed by atoms with Crippen molar-refractivity contribution in [1.82, 2.24) is 20.4 Å². The van der Waals surface area contributed by atoms with Gasteiger partial charge < -0.3 is 15.4 Å². The van der Waals surface area contributed by atoms with Crippen LogP contribution in [0, 0.1) is 12.8 Å². The highest BCUT2D eigenvalue weighted by Gasteiger charge is 2.05. The molecule has 26 heavy (non-hydrogen) atoms. The molecule has 1 heterocycles. The van der Waals surface area contributed by atoms with Gasteiger partial charge in [0.25, 0.3) is 0 Å². The Kier molecular flexibility index (Phi) is 8.69. The van der Waals surface area contributed by atoms with Gasteiger partial charge in [-0.2, -0.15) is 5.10 Å². The SMILES string of the molecule is CN=C(NCCCn1cc(C)cn1)NCC(C)COCc1ccccc1. The molecule has 2 rings (SSSR count). The summed E-state index contributed by atoms with van der Waals surface area (Å²) in [7, 11) is 1.79. The Bertz CT molecular complexity index is 653. The first-order chi connectivity index (χ1) is 12.7. The third kappa shape index (κ3) is 7.70. The van der Waals surface area contributed by atoms with Crippen molar-refractivity contribution >= 4 is 5.96 Å². The van der Waals surface area contributed by atoms with Crippen molar-refractivity contribution in [3.63, 3.8) is 0 Å². The van der Waals surface area contributed by atoms with E-state index in [1.807, 2.05) is 29.1 Å². The Morgan fingerprint density at radius 2 is 2.08 bits per heavy atom. The second kappa shape index (κ2) is 11.3. The van der Waals surface area contributed by atoms with E-state index < -0.39 is 0 Å². The predicted molar refractivity (Wildman–Crippen MR) is 106 cm³/mol. The number of hydrogen-bond acceptors (Lipinski definition) is 3. The highest BCUT2D eigenvalue weighted by molar-refractivity contribution is 5.79. The first kappa shape index (κ1) is 20.0. The van der Waals surface area contributed by atoms with Gasteiger partial charge in [0.05, 0.1) is 19.4 Å². The van der Waals surface area contributed by atoms with Crippen LogP contribution in [0.25, 0.3) is 0 Å². The van der Waals surface area contributed by atoms with E-state index in [2.05, 4.69) is 52.9 Å². The molecule has 2 N–H and O–H groups in total. The van der Waals surface area contributed by atoms with Crippen molar-refractivity contribution in [2.45, 2.75) is 33.4 Å². The molecule has 0 bridgehead atoms. The summed E-state index contributed by atoms with van der Waals surface area (Å²) in [5.41, 5.74) is 2.40. The lowest BCUT2D eigenvalue weighted by Crippen LogP contribution is -2.40. The lowest BCUT2D eigenvalue weighted by Gasteiger charge is -2.16. The standard InChI is InChI=1S/C20H31N5O/c1-17-13-24-25(14-17)11-7-10-22-20(21-3)23-12-18(2)15-26-16-19-8-5-4-6-9-19/h4-6,8-9,13-14,18H,7,10-12,15-16H2,1-3H3,(H2,21,22,23). The molecule has 1 unspecified atom stereocenters. The molecule has 0 saturated carbocycles. The van der Waals surface area contributed by atoms with Gasteiger partial charge in [-0.05, 0) is 30.4 Å². The van der Waals surface area contributed by atoms with E-state index in [4.69, 9.17) is 4.74 Å². The van der Waals surface area contributed by atoms with Crippen LogP contribution in [0.3, 0.4) is 0 Å². The number of benzene rings is 1. The Morgan fingerprint density at radius 3 is 2.77 bits per heavy atom. The zero-order valence-electron chi connectivity index (χ0n) is 16.1. The van der Waals surface area contributed by atoms with Gasteiger partial charge in [-0.25, -0.2) is 0 Å². The second-order valence-electron chi connectivity index (χ2n) is 6.62. The van der Waals surface area contributed by atoms with Crippen LogP contribution < -0.4 is 10.6 Å². The normalized spacial score (nSPS) is 12.8. The number of ether oxygens (including phenoxy) is 1. The van der Waals surface area contributed by atoms with Gasteiger partial charge in [0.2, 0.25) is 0 Å². The van der Waals surface area contributed by atoms with Crippen LogP contribution in [-0.4, -0.2) is 42.5 Å². The first-order valence-corrected chi connectivity index (χ1v) is 9.22. The lowest BCUT2D eigenvalue weighted by molar-refractivity contribution is 0.0931. The van der Waals surface area contributed by atoms with Gasteiger partial charge in [-0.3, -0.25) is 9.67 Å². The number of hydrogen-bond donors (Lipinski definition) is 2. The van der Waals surface area contributed by atoms with Crippen molar-refractivity contribution in [2.24, 2.45) is 10.9 Å². The van der Waals surface area contributed by atoms with Gasteiger partial charge >= 0.3 is 0 Å². The van der Waals surface area contributed by atoms with E-state index in [0.29, 0.717) is 12.5 Å². The van der Waals surface area contributed by atoms with Crippen LogP contribution in [0.15, 0.2) is 47.7 Å². The maximum absolute atomic E-state index is 5.79. The summed E-state index contributed by atoms with van der Waals surface area (Å²) in [4.78, 5) is 4.27. The fourth-order valence-electron chi connectivity index (χ4n) is 2.54. The lowest BCUT2D eigenvalue weighted by atomic mass is 10.2. The maximum atomic E-state index is 5.79. The van der Waals surface area contributed by atoms with Gasteiger partial charge in [0.1, 0.15) is 0 Å². The molecule has 1 atom stereocenters. The highest BCUT2D eigenvalue weighted by atomic mass is 16.5. The van der Waals surface area contributed by atoms with E-state index in [1.165, 1.54) is 11.1 Å². The summed E-state index contributed by atoms with van der Waals surface area (Å²) in [6, 6.07) is 10.3. The molecule has 1 aromatic carbocycles. The van der Waals surface area contributed by atoms with Crippen LogP contribution in [0.4, 0.5) is 0 Å². The minimum atomic E-state index is 0.407. The number of guanidine groups is 1. The van der Waals surface area contributed by atoms with E-state index in [9.17, 15) is 0 Å². The van der Waals surface area contributed by atoms with Crippen LogP contribution in [-0.2, 0) is 17.9 Å². The molecular weight excluding hydrogens is 326 g/mol. The summed E-state index contributed by atoms with van der Waals surface area (Å²) in [5.74, 6) is 1.24. The van der Waals surface area contributed by atoms with Crippen LogP contribution in [0.1, 0.15) is 24.5 Å². The minimum absolute atomic E-state index is 0.407. The fourth-order valence-corrected chi connectivity index (χ4v) is 2.54. The molecule has 0 fully saturated rings. The average Bonchev–Trinajstić information content (AvgIpc) is 3.07. The van der Waals surface area contributed by atoms with Gasteiger partial charge in [-0.15, -0.1) is 0 Å². The van der Waals surface area contributed by atoms with Gasteiger partial charge in [-0.1, -0.05) is 37.3 Å². The third-order valence-electron chi connectivity index (χ3n) is 3.97. The molecule has 142 valence electrons. The van der Waals surface area contributed by atoms with E-state index >= 15 is 0 Å². The maximum Gasteiger partial charge on any atom is 0.190 e. The van der Waals surface area contributed by atoms with Crippen LogP contribution in [0.2, 0.25) is 0 Å². The third-order valence-corrected chi connectivity index (χ3v) is 3.97. The number of nitrogens with zero attached hydrogens (tertiary/aromatic N) is 3. The van der Waals surface area contributed by atoms with Crippen molar-refractivity contribution < 1.29 is 4.74 Å². The number of nitrogens with one attached hydrogen (secondary N) is 2. The van der Waals surface area contributed by atoms with Crippen molar-refractivity contribution in [3.8, 4) is 0 Å². The van der Waals surface area contributed by atoms with E-state index in [1.54, 1.807) is 7.05 Å². The van der Waals surface area contributed by atoms with E-state index in [-0.39, 0.29) is 0 Å². The average molecular weight is 358 g/mol. The quantitative estimate of drug-likeness (QED) is 0.390. The molecule has 0 radical (unpaired) electrons. The molecule has 0 amide bonds. The summed E-state index contributed by atoms with van der Waals surface area (Å²) in [5, 5.41) is 11.0. The first-order valence-electron chi connectivity index (χ1n) is 9.22. The van der Waals surface area contributed by atoms with Crippen molar-refractivity contribution in [3.05, 3.63) is 53.9 Å². The van der Waals surface area contributed by atoms with Gasteiger partial charge in [0, 0.05) is 32.9 Å². The number of rotatable bonds is 10. The van der Waals surface area contributed by atoms with Crippen molar-refractivity contribution in [1.29, 1.82) is 0 Å². The predicted octanol–water partition coefficient (Wildman–Crippen LogP) is 2.60. The summed E-state index contributed by atoms with van der Waals surface area (Å²) < 4.78 is 7.76. The fraction of sp³-hybridized carbons (Fsp3) is 0.500. The number of aromatic nitrogens is 2. The highest BCUT2D eigenvalue weighted by Crippen LogP contribution is 2.02. The van der Waals surface area contributed by atoms with Crippen LogP contribution in [0.5, 0.6) is 0 Å². The summed E-state index contributed by atoms with van der Waals surface area (Å²) in [6.45, 7) is 8.19. The molecule has 0 saturated heterocycles. The largest absolute Gasteiger partial charge is 0.376 e. The molecule has 0 aliphatic rings. The molecule has 6 nitrogen and oxygen atoms in total. The molecule has 0 aliphatic carbocycles. The monoisotopic (exact) mass is 357 g/mol. The smallest absolute Gasteiger partial charge is 0.190 e.